The second-order valence-corrected chi connectivity index (χ2v) is 8.83. The zero-order chi connectivity index (χ0) is 25.2. The van der Waals surface area contributed by atoms with Gasteiger partial charge < -0.3 is 9.84 Å². The first kappa shape index (κ1) is 23.3. The maximum Gasteiger partial charge on any atom is 0.335 e. The second-order valence-electron chi connectivity index (χ2n) is 8.83. The molecule has 1 heterocycles. The van der Waals surface area contributed by atoms with Crippen molar-refractivity contribution in [3.63, 3.8) is 0 Å². The van der Waals surface area contributed by atoms with Gasteiger partial charge in [0.1, 0.15) is 18.2 Å². The molecule has 5 nitrogen and oxygen atoms in total. The predicted octanol–water partition coefficient (Wildman–Crippen LogP) is 6.42. The van der Waals surface area contributed by atoms with Gasteiger partial charge in [0.2, 0.25) is 5.91 Å². The maximum absolute atomic E-state index is 14.0. The number of carbonyl (C=O) groups is 2. The lowest BCUT2D eigenvalue weighted by atomic mass is 9.92. The molecule has 4 aromatic carbocycles. The lowest BCUT2D eigenvalue weighted by Gasteiger charge is -2.19. The van der Waals surface area contributed by atoms with Crippen molar-refractivity contribution in [3.8, 4) is 5.75 Å². The number of amides is 1. The van der Waals surface area contributed by atoms with Crippen LogP contribution in [-0.2, 0) is 17.8 Å². The van der Waals surface area contributed by atoms with Crippen molar-refractivity contribution in [3.05, 3.63) is 125 Å². The molecule has 1 N–H and O–H groups in total. The van der Waals surface area contributed by atoms with E-state index < -0.39 is 11.9 Å². The van der Waals surface area contributed by atoms with E-state index in [4.69, 9.17) is 4.74 Å². The Bertz CT molecular complexity index is 1430. The first-order valence-electron chi connectivity index (χ1n) is 11.6. The first-order chi connectivity index (χ1) is 17.4. The van der Waals surface area contributed by atoms with Crippen LogP contribution in [0, 0.1) is 12.7 Å². The Morgan fingerprint density at radius 1 is 0.944 bits per heavy atom. The zero-order valence-corrected chi connectivity index (χ0v) is 19.6. The molecule has 0 radical (unpaired) electrons. The summed E-state index contributed by atoms with van der Waals surface area (Å²) >= 11 is 0. The van der Waals surface area contributed by atoms with E-state index in [1.807, 2.05) is 48.5 Å². The van der Waals surface area contributed by atoms with Crippen molar-refractivity contribution >= 4 is 23.3 Å². The lowest BCUT2D eigenvalue weighted by Crippen LogP contribution is -2.25. The summed E-state index contributed by atoms with van der Waals surface area (Å²) in [4.78, 5) is 26.7. The van der Waals surface area contributed by atoms with Crippen LogP contribution in [0.1, 0.15) is 38.5 Å². The maximum atomic E-state index is 14.0. The number of fused-ring (bicyclic) bond motifs is 1. The van der Waals surface area contributed by atoms with Gasteiger partial charge in [0.05, 0.1) is 17.2 Å². The van der Waals surface area contributed by atoms with Gasteiger partial charge in [-0.05, 0) is 72.5 Å². The van der Waals surface area contributed by atoms with Crippen LogP contribution in [0.2, 0.25) is 0 Å². The van der Waals surface area contributed by atoms with Crippen LogP contribution in [-0.4, -0.2) is 17.0 Å². The van der Waals surface area contributed by atoms with E-state index in [2.05, 4.69) is 0 Å². The number of halogens is 1. The Hall–Kier alpha value is -4.45. The van der Waals surface area contributed by atoms with E-state index >= 15 is 0 Å². The van der Waals surface area contributed by atoms with Gasteiger partial charge in [-0.3, -0.25) is 9.69 Å². The minimum Gasteiger partial charge on any atom is -0.489 e. The molecule has 0 fully saturated rings. The SMILES string of the molecule is Cc1cc(N2C(=O)C(Cc3ccc(C(=O)O)cc3)c3c(OCc4ccccc4)cccc32)ccc1F. The number of carbonyl (C=O) groups excluding carboxylic acids is 1. The summed E-state index contributed by atoms with van der Waals surface area (Å²) in [7, 11) is 0. The average Bonchev–Trinajstić information content (AvgIpc) is 3.17. The number of rotatable bonds is 7. The number of hydrogen-bond acceptors (Lipinski definition) is 3. The molecule has 1 aliphatic rings. The van der Waals surface area contributed by atoms with Gasteiger partial charge in [-0.2, -0.15) is 0 Å². The highest BCUT2D eigenvalue weighted by Gasteiger charge is 2.40. The molecular weight excluding hydrogens is 457 g/mol. The monoisotopic (exact) mass is 481 g/mol. The van der Waals surface area contributed by atoms with Gasteiger partial charge in [0.15, 0.2) is 0 Å². The highest BCUT2D eigenvalue weighted by atomic mass is 19.1. The summed E-state index contributed by atoms with van der Waals surface area (Å²) in [6, 6.07) is 26.5. The molecule has 0 spiro atoms. The Labute approximate surface area is 208 Å². The summed E-state index contributed by atoms with van der Waals surface area (Å²) in [6.45, 7) is 2.02. The van der Waals surface area contributed by atoms with Gasteiger partial charge in [-0.15, -0.1) is 0 Å². The van der Waals surface area contributed by atoms with Gasteiger partial charge in [0, 0.05) is 11.3 Å². The topological polar surface area (TPSA) is 66.8 Å². The molecule has 1 amide bonds. The number of ether oxygens (including phenoxy) is 1. The normalized spacial score (nSPS) is 14.6. The van der Waals surface area contributed by atoms with Crippen molar-refractivity contribution in [1.82, 2.24) is 0 Å². The molecule has 1 atom stereocenters. The van der Waals surface area contributed by atoms with Crippen molar-refractivity contribution in [2.24, 2.45) is 0 Å². The molecule has 0 saturated carbocycles. The van der Waals surface area contributed by atoms with Crippen LogP contribution in [0.25, 0.3) is 0 Å². The summed E-state index contributed by atoms with van der Waals surface area (Å²) < 4.78 is 20.2. The van der Waals surface area contributed by atoms with Gasteiger partial charge in [0.25, 0.3) is 0 Å². The van der Waals surface area contributed by atoms with Crippen molar-refractivity contribution in [1.29, 1.82) is 0 Å². The number of carboxylic acid groups (broad SMARTS) is 1. The Morgan fingerprint density at radius 3 is 2.39 bits per heavy atom. The summed E-state index contributed by atoms with van der Waals surface area (Å²) in [6.07, 6.45) is 0.369. The summed E-state index contributed by atoms with van der Waals surface area (Å²) in [5.74, 6) is -1.42. The van der Waals surface area contributed by atoms with E-state index in [0.717, 1.165) is 16.7 Å². The molecule has 0 bridgehead atoms. The molecule has 1 aliphatic heterocycles. The third-order valence-electron chi connectivity index (χ3n) is 6.43. The van der Waals surface area contributed by atoms with Crippen LogP contribution in [0.3, 0.4) is 0 Å². The average molecular weight is 482 g/mol. The van der Waals surface area contributed by atoms with Gasteiger partial charge in [-0.25, -0.2) is 9.18 Å². The van der Waals surface area contributed by atoms with Crippen molar-refractivity contribution in [2.75, 3.05) is 4.90 Å². The minimum atomic E-state index is -1.00. The fraction of sp³-hybridized carbons (Fsp3) is 0.133. The van der Waals surface area contributed by atoms with E-state index in [1.54, 1.807) is 36.1 Å². The highest BCUT2D eigenvalue weighted by molar-refractivity contribution is 6.11. The molecule has 1 unspecified atom stereocenters. The van der Waals surface area contributed by atoms with Crippen LogP contribution >= 0.6 is 0 Å². The van der Waals surface area contributed by atoms with E-state index in [9.17, 15) is 19.1 Å². The van der Waals surface area contributed by atoms with Crippen LogP contribution in [0.5, 0.6) is 5.75 Å². The molecule has 0 saturated heterocycles. The Morgan fingerprint density at radius 2 is 1.69 bits per heavy atom. The van der Waals surface area contributed by atoms with Crippen LogP contribution < -0.4 is 9.64 Å². The van der Waals surface area contributed by atoms with Crippen molar-refractivity contribution < 1.29 is 23.8 Å². The Kier molecular flexibility index (Phi) is 6.25. The molecule has 5 rings (SSSR count). The summed E-state index contributed by atoms with van der Waals surface area (Å²) in [5, 5.41) is 9.22. The number of aryl methyl sites for hydroxylation is 1. The first-order valence-corrected chi connectivity index (χ1v) is 11.6. The molecule has 0 aliphatic carbocycles. The van der Waals surface area contributed by atoms with Crippen LogP contribution in [0.4, 0.5) is 15.8 Å². The highest BCUT2D eigenvalue weighted by Crippen LogP contribution is 2.48. The third kappa shape index (κ3) is 4.45. The molecule has 6 heteroatoms. The van der Waals surface area contributed by atoms with Gasteiger partial charge in [-0.1, -0.05) is 48.5 Å². The molecular formula is C30H24FNO4. The smallest absolute Gasteiger partial charge is 0.335 e. The van der Waals surface area contributed by atoms with Gasteiger partial charge >= 0.3 is 5.97 Å². The van der Waals surface area contributed by atoms with E-state index in [0.29, 0.717) is 35.7 Å². The Balaban J connectivity index is 1.55. The predicted molar refractivity (Wildman–Crippen MR) is 135 cm³/mol. The number of hydrogen-bond donors (Lipinski definition) is 1. The number of aromatic carboxylic acids is 1. The standard InChI is InChI=1S/C30H24FNO4/c1-19-16-23(14-15-25(19)31)32-26-8-5-9-27(36-18-21-6-3-2-4-7-21)28(26)24(29(32)33)17-20-10-12-22(13-11-20)30(34)35/h2-16,24H,17-18H2,1H3,(H,34,35). The molecule has 0 aromatic heterocycles. The third-order valence-corrected chi connectivity index (χ3v) is 6.43. The quantitative estimate of drug-likeness (QED) is 0.331. The fourth-order valence-corrected chi connectivity index (χ4v) is 4.58. The number of benzene rings is 4. The lowest BCUT2D eigenvalue weighted by molar-refractivity contribution is -0.118. The largest absolute Gasteiger partial charge is 0.489 e. The molecule has 36 heavy (non-hydrogen) atoms. The molecule has 180 valence electrons. The van der Waals surface area contributed by atoms with E-state index in [1.165, 1.54) is 18.2 Å². The fourth-order valence-electron chi connectivity index (χ4n) is 4.58. The zero-order valence-electron chi connectivity index (χ0n) is 19.6. The van der Waals surface area contributed by atoms with Crippen LogP contribution in [0.15, 0.2) is 91.0 Å². The summed E-state index contributed by atoms with van der Waals surface area (Å²) in [5.41, 5.74) is 4.53. The molecule has 4 aromatic rings. The number of nitrogens with zero attached hydrogens (tertiary/aromatic N) is 1. The van der Waals surface area contributed by atoms with Crippen molar-refractivity contribution in [2.45, 2.75) is 25.9 Å². The minimum absolute atomic E-state index is 0.144. The number of anilines is 2. The second kappa shape index (κ2) is 9.66. The van der Waals surface area contributed by atoms with E-state index in [-0.39, 0.29) is 17.3 Å². The number of carboxylic acids is 1.